The monoisotopic (exact) mass is 238 g/mol. The lowest BCUT2D eigenvalue weighted by molar-refractivity contribution is 0.880. The summed E-state index contributed by atoms with van der Waals surface area (Å²) in [6.07, 6.45) is 5.10. The third-order valence-electron chi connectivity index (χ3n) is 2.41. The number of hydrogen-bond donors (Lipinski definition) is 1. The van der Waals surface area contributed by atoms with Gasteiger partial charge in [-0.25, -0.2) is 4.68 Å². The minimum Gasteiger partial charge on any atom is -0.366 e. The third kappa shape index (κ3) is 1.80. The second-order valence-electron chi connectivity index (χ2n) is 3.63. The van der Waals surface area contributed by atoms with Crippen molar-refractivity contribution in [1.29, 1.82) is 0 Å². The lowest BCUT2D eigenvalue weighted by atomic mass is 10.3. The lowest BCUT2D eigenvalue weighted by Gasteiger charge is -2.03. The number of nitrogens with two attached hydrogens (primary N) is 1. The van der Waals surface area contributed by atoms with E-state index in [1.54, 1.807) is 23.3 Å². The third-order valence-corrected chi connectivity index (χ3v) is 2.41. The van der Waals surface area contributed by atoms with Crippen LogP contribution in [0.25, 0.3) is 17.2 Å². The fourth-order valence-electron chi connectivity index (χ4n) is 1.65. The van der Waals surface area contributed by atoms with Crippen LogP contribution in [0.5, 0.6) is 0 Å². The number of pyridine rings is 2. The van der Waals surface area contributed by atoms with Gasteiger partial charge in [-0.2, -0.15) is 4.98 Å². The van der Waals surface area contributed by atoms with Crippen molar-refractivity contribution < 1.29 is 0 Å². The van der Waals surface area contributed by atoms with Crippen molar-refractivity contribution in [1.82, 2.24) is 24.7 Å². The number of nitrogens with zero attached hydrogens (tertiary/aromatic N) is 5. The fraction of sp³-hybridized carbons (Fsp3) is 0. The van der Waals surface area contributed by atoms with Crippen LogP contribution >= 0.6 is 0 Å². The largest absolute Gasteiger partial charge is 0.366 e. The Morgan fingerprint density at radius 3 is 2.72 bits per heavy atom. The van der Waals surface area contributed by atoms with Crippen LogP contribution in [0.15, 0.2) is 48.9 Å². The summed E-state index contributed by atoms with van der Waals surface area (Å²) >= 11 is 0. The summed E-state index contributed by atoms with van der Waals surface area (Å²) in [6, 6.07) is 9.30. The summed E-state index contributed by atoms with van der Waals surface area (Å²) < 4.78 is 1.63. The van der Waals surface area contributed by atoms with Crippen LogP contribution in [0.3, 0.4) is 0 Å². The van der Waals surface area contributed by atoms with E-state index in [0.717, 1.165) is 5.69 Å². The van der Waals surface area contributed by atoms with Crippen LogP contribution < -0.4 is 5.73 Å². The number of hydrogen-bond acceptors (Lipinski definition) is 5. The summed E-state index contributed by atoms with van der Waals surface area (Å²) in [5, 5.41) is 4.16. The topological polar surface area (TPSA) is 82.5 Å². The van der Waals surface area contributed by atoms with E-state index in [1.807, 2.05) is 30.3 Å². The number of rotatable bonds is 2. The highest BCUT2D eigenvalue weighted by atomic mass is 15.4. The van der Waals surface area contributed by atoms with E-state index < -0.39 is 0 Å². The second kappa shape index (κ2) is 4.25. The number of anilines is 1. The van der Waals surface area contributed by atoms with Gasteiger partial charge in [0, 0.05) is 12.4 Å². The molecule has 0 atom stereocenters. The molecule has 6 heteroatoms. The molecule has 3 rings (SSSR count). The van der Waals surface area contributed by atoms with Crippen molar-refractivity contribution in [3.8, 4) is 17.2 Å². The molecule has 0 saturated carbocycles. The Kier molecular flexibility index (Phi) is 2.45. The maximum atomic E-state index is 5.66. The molecule has 0 saturated heterocycles. The Balaban J connectivity index is 2.17. The van der Waals surface area contributed by atoms with Crippen LogP contribution in [-0.2, 0) is 0 Å². The Hall–Kier alpha value is -2.76. The molecule has 88 valence electrons. The van der Waals surface area contributed by atoms with Crippen molar-refractivity contribution in [3.63, 3.8) is 0 Å². The van der Waals surface area contributed by atoms with Crippen LogP contribution in [0, 0.1) is 0 Å². The summed E-state index contributed by atoms with van der Waals surface area (Å²) in [5.41, 5.74) is 7.17. The molecule has 0 spiro atoms. The van der Waals surface area contributed by atoms with E-state index in [9.17, 15) is 0 Å². The molecular weight excluding hydrogens is 228 g/mol. The predicted octanol–water partition coefficient (Wildman–Crippen LogP) is 1.31. The van der Waals surface area contributed by atoms with Gasteiger partial charge < -0.3 is 5.73 Å². The van der Waals surface area contributed by atoms with E-state index in [0.29, 0.717) is 11.5 Å². The first kappa shape index (κ1) is 10.4. The predicted molar refractivity (Wildman–Crippen MR) is 66.8 cm³/mol. The van der Waals surface area contributed by atoms with Gasteiger partial charge in [0.1, 0.15) is 5.69 Å². The molecule has 0 amide bonds. The van der Waals surface area contributed by atoms with Crippen molar-refractivity contribution >= 4 is 5.95 Å². The summed E-state index contributed by atoms with van der Waals surface area (Å²) in [6.45, 7) is 0. The SMILES string of the molecule is Nc1nc(-c2ccccn2)n(-c2cccnc2)n1. The molecule has 0 aliphatic heterocycles. The standard InChI is InChI=1S/C12H10N6/c13-12-16-11(10-5-1-2-7-15-10)18(17-12)9-4-3-6-14-8-9/h1-8H,(H2,13,17). The van der Waals surface area contributed by atoms with Gasteiger partial charge in [-0.1, -0.05) is 6.07 Å². The average molecular weight is 238 g/mol. The fourth-order valence-corrected chi connectivity index (χ4v) is 1.65. The van der Waals surface area contributed by atoms with Gasteiger partial charge in [0.05, 0.1) is 11.9 Å². The molecule has 0 unspecified atom stereocenters. The molecule has 0 bridgehead atoms. The normalized spacial score (nSPS) is 10.4. The molecule has 3 aromatic heterocycles. The molecule has 2 N–H and O–H groups in total. The molecule has 0 aliphatic carbocycles. The molecule has 3 aromatic rings. The Bertz CT molecular complexity index is 590. The van der Waals surface area contributed by atoms with Gasteiger partial charge in [0.2, 0.25) is 5.95 Å². The minimum atomic E-state index is 0.208. The molecule has 0 aromatic carbocycles. The number of aromatic nitrogens is 5. The second-order valence-corrected chi connectivity index (χ2v) is 3.63. The van der Waals surface area contributed by atoms with E-state index >= 15 is 0 Å². The Morgan fingerprint density at radius 1 is 1.06 bits per heavy atom. The Morgan fingerprint density at radius 2 is 2.00 bits per heavy atom. The van der Waals surface area contributed by atoms with Gasteiger partial charge >= 0.3 is 0 Å². The molecule has 6 nitrogen and oxygen atoms in total. The Labute approximate surface area is 103 Å². The minimum absolute atomic E-state index is 0.208. The lowest BCUT2D eigenvalue weighted by Crippen LogP contribution is -2.01. The molecule has 3 heterocycles. The molecule has 0 aliphatic rings. The van der Waals surface area contributed by atoms with Gasteiger partial charge in [-0.05, 0) is 24.3 Å². The van der Waals surface area contributed by atoms with E-state index in [2.05, 4.69) is 20.1 Å². The van der Waals surface area contributed by atoms with Crippen molar-refractivity contribution in [2.45, 2.75) is 0 Å². The van der Waals surface area contributed by atoms with E-state index in [4.69, 9.17) is 5.73 Å². The number of nitrogen functional groups attached to an aromatic ring is 1. The summed E-state index contributed by atoms with van der Waals surface area (Å²) in [7, 11) is 0. The zero-order chi connectivity index (χ0) is 12.4. The zero-order valence-electron chi connectivity index (χ0n) is 9.43. The van der Waals surface area contributed by atoms with Crippen molar-refractivity contribution in [3.05, 3.63) is 48.9 Å². The zero-order valence-corrected chi connectivity index (χ0v) is 9.43. The van der Waals surface area contributed by atoms with Gasteiger partial charge in [0.15, 0.2) is 5.82 Å². The maximum Gasteiger partial charge on any atom is 0.240 e. The van der Waals surface area contributed by atoms with Crippen LogP contribution in [0.2, 0.25) is 0 Å². The van der Waals surface area contributed by atoms with Crippen molar-refractivity contribution in [2.24, 2.45) is 0 Å². The maximum absolute atomic E-state index is 5.66. The molecule has 0 fully saturated rings. The first-order valence-corrected chi connectivity index (χ1v) is 5.39. The molecule has 0 radical (unpaired) electrons. The van der Waals surface area contributed by atoms with Gasteiger partial charge in [0.25, 0.3) is 0 Å². The van der Waals surface area contributed by atoms with E-state index in [1.165, 1.54) is 0 Å². The molecular formula is C12H10N6. The first-order valence-electron chi connectivity index (χ1n) is 5.39. The smallest absolute Gasteiger partial charge is 0.240 e. The van der Waals surface area contributed by atoms with Gasteiger partial charge in [-0.15, -0.1) is 5.10 Å². The highest BCUT2D eigenvalue weighted by Gasteiger charge is 2.12. The van der Waals surface area contributed by atoms with E-state index in [-0.39, 0.29) is 5.95 Å². The van der Waals surface area contributed by atoms with Crippen LogP contribution in [0.4, 0.5) is 5.95 Å². The van der Waals surface area contributed by atoms with Gasteiger partial charge in [-0.3, -0.25) is 9.97 Å². The molecule has 18 heavy (non-hydrogen) atoms. The van der Waals surface area contributed by atoms with Crippen LogP contribution in [0.1, 0.15) is 0 Å². The summed E-state index contributed by atoms with van der Waals surface area (Å²) in [5.74, 6) is 0.806. The van der Waals surface area contributed by atoms with Crippen LogP contribution in [-0.4, -0.2) is 24.7 Å². The average Bonchev–Trinajstić information content (AvgIpc) is 2.83. The first-order chi connectivity index (χ1) is 8.84. The quantitative estimate of drug-likeness (QED) is 0.727. The highest BCUT2D eigenvalue weighted by molar-refractivity contribution is 5.54. The highest BCUT2D eigenvalue weighted by Crippen LogP contribution is 2.18. The van der Waals surface area contributed by atoms with Crippen molar-refractivity contribution in [2.75, 3.05) is 5.73 Å². The summed E-state index contributed by atoms with van der Waals surface area (Å²) in [4.78, 5) is 12.5.